The zero-order valence-corrected chi connectivity index (χ0v) is 26.0. The van der Waals surface area contributed by atoms with Crippen molar-refractivity contribution in [2.45, 2.75) is 72.1 Å². The van der Waals surface area contributed by atoms with Crippen LogP contribution in [0.2, 0.25) is 19.6 Å². The zero-order valence-electron chi connectivity index (χ0n) is 25.0. The minimum atomic E-state index is -1.54. The highest BCUT2D eigenvalue weighted by Crippen LogP contribution is 2.46. The van der Waals surface area contributed by atoms with Crippen LogP contribution in [0.4, 0.5) is 0 Å². The lowest BCUT2D eigenvalue weighted by molar-refractivity contribution is -0.704. The third kappa shape index (κ3) is 4.61. The Hall–Kier alpha value is -3.31. The molecule has 0 bridgehead atoms. The van der Waals surface area contributed by atoms with Crippen LogP contribution in [-0.4, -0.2) is 17.6 Å². The summed E-state index contributed by atoms with van der Waals surface area (Å²) in [6, 6.07) is 15.9. The van der Waals surface area contributed by atoms with Crippen molar-refractivity contribution in [1.82, 2.24) is 9.55 Å². The van der Waals surface area contributed by atoms with Crippen molar-refractivity contribution in [3.8, 4) is 11.3 Å². The van der Waals surface area contributed by atoms with Crippen LogP contribution in [0.3, 0.4) is 0 Å². The fraction of sp³-hybridized carbons (Fsp3) is 0.382. The van der Waals surface area contributed by atoms with Crippen LogP contribution in [0.25, 0.3) is 28.0 Å². The molecule has 3 aromatic heterocycles. The first-order valence-electron chi connectivity index (χ1n) is 14.2. The number of allylic oxidation sites excluding steroid dienone is 2. The number of hydrogen-bond donors (Lipinski definition) is 0. The lowest BCUT2D eigenvalue weighted by atomic mass is 9.75. The van der Waals surface area contributed by atoms with Crippen molar-refractivity contribution in [2.24, 2.45) is 12.5 Å². The minimum Gasteiger partial charge on any atom is -0.257 e. The van der Waals surface area contributed by atoms with E-state index in [2.05, 4.69) is 134 Å². The van der Waals surface area contributed by atoms with Crippen LogP contribution in [0.1, 0.15) is 55.7 Å². The molecule has 4 nitrogen and oxygen atoms in total. The summed E-state index contributed by atoms with van der Waals surface area (Å²) in [7, 11) is 0.595. The fourth-order valence-electron chi connectivity index (χ4n) is 6.29. The number of pyridine rings is 2. The van der Waals surface area contributed by atoms with E-state index in [0.717, 1.165) is 29.7 Å². The molecule has 2 unspecified atom stereocenters. The van der Waals surface area contributed by atoms with Gasteiger partial charge in [-0.25, -0.2) is 4.57 Å². The number of aryl methyl sites for hydroxylation is 2. The van der Waals surface area contributed by atoms with E-state index in [0.29, 0.717) is 0 Å². The van der Waals surface area contributed by atoms with Crippen LogP contribution < -0.4 is 14.3 Å². The summed E-state index contributed by atoms with van der Waals surface area (Å²) in [5.74, 6) is 1.45. The third-order valence-electron chi connectivity index (χ3n) is 8.91. The maximum Gasteiger partial charge on any atom is 0.259 e. The molecule has 4 heterocycles. The van der Waals surface area contributed by atoms with Gasteiger partial charge in [-0.15, -0.1) is 6.58 Å². The van der Waals surface area contributed by atoms with Crippen LogP contribution in [-0.2, 0) is 7.05 Å². The Morgan fingerprint density at radius 3 is 2.51 bits per heavy atom. The Labute approximate surface area is 235 Å². The standard InChI is InChI=1S/C34H44N4Si/c1-11-34(5,6)20-18-29-27-14-12-13-15-28(27)30-17-16-26(39(8,9)10)22-37(30)33(29)24(3)38-25(4)36(7)32-23(2)35-21-19-31(32)38/h11-17,19,21-22,29,33H,1,3,18,20H2,2,4-10H3/q+2. The number of nitrogens with zero attached hydrogens (tertiary/aromatic N) is 4. The lowest BCUT2D eigenvalue weighted by Crippen LogP contribution is -2.53. The number of aromatic nitrogens is 4. The quantitative estimate of drug-likeness (QED) is 0.145. The molecule has 0 radical (unpaired) electrons. The van der Waals surface area contributed by atoms with Gasteiger partial charge in [0.05, 0.1) is 26.7 Å². The summed E-state index contributed by atoms with van der Waals surface area (Å²) < 4.78 is 7.20. The molecule has 0 N–H and O–H groups in total. The second kappa shape index (κ2) is 9.70. The van der Waals surface area contributed by atoms with Crippen molar-refractivity contribution in [3.05, 3.63) is 91.2 Å². The molecular formula is C34H44N4Si+2. The maximum absolute atomic E-state index is 4.88. The molecular weight excluding hydrogens is 492 g/mol. The van der Waals surface area contributed by atoms with E-state index in [9.17, 15) is 0 Å². The molecule has 0 saturated carbocycles. The zero-order chi connectivity index (χ0) is 28.3. The Morgan fingerprint density at radius 1 is 1.10 bits per heavy atom. The van der Waals surface area contributed by atoms with Gasteiger partial charge in [0, 0.05) is 36.0 Å². The summed E-state index contributed by atoms with van der Waals surface area (Å²) >= 11 is 0. The first-order valence-corrected chi connectivity index (χ1v) is 17.7. The van der Waals surface area contributed by atoms with Gasteiger partial charge in [-0.3, -0.25) is 4.98 Å². The van der Waals surface area contributed by atoms with Gasteiger partial charge in [-0.2, -0.15) is 9.13 Å². The molecule has 2 atom stereocenters. The first-order chi connectivity index (χ1) is 18.4. The summed E-state index contributed by atoms with van der Waals surface area (Å²) in [6.07, 6.45) is 8.59. The number of hydrogen-bond acceptors (Lipinski definition) is 1. The number of imidazole rings is 1. The van der Waals surface area contributed by atoms with Gasteiger partial charge in [0.2, 0.25) is 11.7 Å². The van der Waals surface area contributed by atoms with Gasteiger partial charge < -0.3 is 0 Å². The first kappa shape index (κ1) is 27.3. The van der Waals surface area contributed by atoms with E-state index in [4.69, 9.17) is 6.58 Å². The monoisotopic (exact) mass is 536 g/mol. The average molecular weight is 537 g/mol. The largest absolute Gasteiger partial charge is 0.259 e. The van der Waals surface area contributed by atoms with E-state index in [1.165, 1.54) is 33.3 Å². The Balaban J connectivity index is 1.78. The van der Waals surface area contributed by atoms with Crippen LogP contribution in [0, 0.1) is 19.3 Å². The average Bonchev–Trinajstić information content (AvgIpc) is 3.16. The summed E-state index contributed by atoms with van der Waals surface area (Å²) in [5.41, 5.74) is 8.57. The van der Waals surface area contributed by atoms with Gasteiger partial charge in [0.25, 0.3) is 5.82 Å². The van der Waals surface area contributed by atoms with Crippen LogP contribution >= 0.6 is 0 Å². The van der Waals surface area contributed by atoms with Gasteiger partial charge in [-0.1, -0.05) is 63.8 Å². The smallest absolute Gasteiger partial charge is 0.257 e. The molecule has 1 aliphatic rings. The van der Waals surface area contributed by atoms with E-state index in [1.54, 1.807) is 0 Å². The highest BCUT2D eigenvalue weighted by Gasteiger charge is 2.46. The predicted molar refractivity (Wildman–Crippen MR) is 166 cm³/mol. The molecule has 1 aliphatic heterocycles. The Kier molecular flexibility index (Phi) is 6.78. The van der Waals surface area contributed by atoms with Crippen molar-refractivity contribution < 1.29 is 9.13 Å². The Morgan fingerprint density at radius 2 is 1.82 bits per heavy atom. The second-order valence-corrected chi connectivity index (χ2v) is 18.1. The van der Waals surface area contributed by atoms with Gasteiger partial charge in [-0.05, 0) is 43.4 Å². The molecule has 0 aliphatic carbocycles. The molecule has 0 saturated heterocycles. The van der Waals surface area contributed by atoms with Crippen molar-refractivity contribution >= 4 is 30.0 Å². The lowest BCUT2D eigenvalue weighted by Gasteiger charge is -2.33. The molecule has 5 heteroatoms. The van der Waals surface area contributed by atoms with Gasteiger partial charge in [0.1, 0.15) is 0 Å². The number of fused-ring (bicyclic) bond motifs is 4. The molecule has 0 spiro atoms. The topological polar surface area (TPSA) is 25.6 Å². The molecule has 5 rings (SSSR count). The molecule has 4 aromatic rings. The van der Waals surface area contributed by atoms with Gasteiger partial charge in [0.15, 0.2) is 22.9 Å². The van der Waals surface area contributed by atoms with Gasteiger partial charge >= 0.3 is 0 Å². The van der Waals surface area contributed by atoms with Crippen LogP contribution in [0.15, 0.2) is 74.1 Å². The van der Waals surface area contributed by atoms with E-state index >= 15 is 0 Å². The minimum absolute atomic E-state index is 0.0667. The second-order valence-electron chi connectivity index (χ2n) is 13.0. The molecule has 202 valence electrons. The predicted octanol–water partition coefficient (Wildman–Crippen LogP) is 6.78. The SMILES string of the molecule is C=CC(C)(C)CCC1c2ccccc2-c2ccc([Si](C)(C)C)c[n+]2C1C(=C)n1c(C)[n+](C)c2c(C)nccc21. The van der Waals surface area contributed by atoms with E-state index in [-0.39, 0.29) is 17.4 Å². The van der Waals surface area contributed by atoms with Crippen molar-refractivity contribution in [1.29, 1.82) is 0 Å². The van der Waals surface area contributed by atoms with Crippen molar-refractivity contribution in [3.63, 3.8) is 0 Å². The van der Waals surface area contributed by atoms with E-state index < -0.39 is 8.07 Å². The molecule has 0 fully saturated rings. The Bertz CT molecular complexity index is 1600. The maximum atomic E-state index is 4.88. The highest BCUT2D eigenvalue weighted by molar-refractivity contribution is 6.88. The summed E-state index contributed by atoms with van der Waals surface area (Å²) in [4.78, 5) is 4.61. The normalized spacial score (nSPS) is 17.1. The third-order valence-corrected chi connectivity index (χ3v) is 10.9. The van der Waals surface area contributed by atoms with Crippen LogP contribution in [0.5, 0.6) is 0 Å². The highest BCUT2D eigenvalue weighted by atomic mass is 28.3. The number of benzene rings is 1. The molecule has 1 aromatic carbocycles. The molecule has 0 amide bonds. The summed E-state index contributed by atoms with van der Waals surface area (Å²) in [6.45, 7) is 25.2. The fourth-order valence-corrected chi connectivity index (χ4v) is 7.40. The van der Waals surface area contributed by atoms with E-state index in [1.807, 2.05) is 6.20 Å². The molecule has 39 heavy (non-hydrogen) atoms. The number of rotatable bonds is 7. The summed E-state index contributed by atoms with van der Waals surface area (Å²) in [5, 5.41) is 1.47. The van der Waals surface area contributed by atoms with Crippen molar-refractivity contribution in [2.75, 3.05) is 0 Å².